The Hall–Kier alpha value is -2.11. The van der Waals surface area contributed by atoms with E-state index in [0.29, 0.717) is 37.6 Å². The van der Waals surface area contributed by atoms with E-state index in [9.17, 15) is 4.79 Å². The van der Waals surface area contributed by atoms with Crippen LogP contribution >= 0.6 is 0 Å². The number of rotatable bonds is 1. The highest BCUT2D eigenvalue weighted by atomic mass is 16.6. The number of benzene rings is 1. The first-order chi connectivity index (χ1) is 9.78. The molecule has 0 spiro atoms. The van der Waals surface area contributed by atoms with E-state index >= 15 is 0 Å². The van der Waals surface area contributed by atoms with Crippen LogP contribution in [0.4, 0.5) is 21.9 Å². The van der Waals surface area contributed by atoms with Gasteiger partial charge in [-0.25, -0.2) is 4.79 Å². The fraction of sp³-hybridized carbons (Fsp3) is 0.533. The summed E-state index contributed by atoms with van der Waals surface area (Å²) in [4.78, 5) is 15.9. The molecule has 0 radical (unpaired) electrons. The maximum absolute atomic E-state index is 12.0. The van der Waals surface area contributed by atoms with Crippen LogP contribution in [-0.4, -0.2) is 42.8 Å². The molecule has 1 heterocycles. The summed E-state index contributed by atoms with van der Waals surface area (Å²) in [7, 11) is 0. The number of carbonyl (C=O) groups excluding carboxylic acids is 1. The molecule has 1 aromatic rings. The number of piperazine rings is 1. The second kappa shape index (κ2) is 5.71. The molecule has 1 amide bonds. The number of anilines is 3. The minimum absolute atomic E-state index is 0.261. The standard InChI is InChI=1S/C15H24N4O2/c1-15(2,3)21-14(20)19-9-7-18(8-10-19)12-6-4-5-11(16)13(12)17/h4-6H,7-10,16-17H2,1-3H3. The summed E-state index contributed by atoms with van der Waals surface area (Å²) in [6.07, 6.45) is -0.261. The van der Waals surface area contributed by atoms with Gasteiger partial charge in [0.15, 0.2) is 0 Å². The molecule has 1 aliphatic rings. The number of nitrogen functional groups attached to an aromatic ring is 2. The van der Waals surface area contributed by atoms with Gasteiger partial charge < -0.3 is 26.0 Å². The van der Waals surface area contributed by atoms with Gasteiger partial charge in [0.1, 0.15) is 5.60 Å². The lowest BCUT2D eigenvalue weighted by Crippen LogP contribution is -2.50. The molecular weight excluding hydrogens is 268 g/mol. The Labute approximate surface area is 125 Å². The van der Waals surface area contributed by atoms with Gasteiger partial charge in [-0.15, -0.1) is 0 Å². The van der Waals surface area contributed by atoms with Crippen molar-refractivity contribution in [2.24, 2.45) is 0 Å². The number of hydrogen-bond acceptors (Lipinski definition) is 5. The van der Waals surface area contributed by atoms with Crippen molar-refractivity contribution in [3.05, 3.63) is 18.2 Å². The van der Waals surface area contributed by atoms with Gasteiger partial charge in [-0.2, -0.15) is 0 Å². The van der Waals surface area contributed by atoms with Crippen LogP contribution in [0.1, 0.15) is 20.8 Å². The molecule has 6 nitrogen and oxygen atoms in total. The Morgan fingerprint density at radius 1 is 1.14 bits per heavy atom. The predicted octanol–water partition coefficient (Wildman–Crippen LogP) is 1.91. The summed E-state index contributed by atoms with van der Waals surface area (Å²) in [5, 5.41) is 0. The highest BCUT2D eigenvalue weighted by Gasteiger charge is 2.26. The van der Waals surface area contributed by atoms with Gasteiger partial charge >= 0.3 is 6.09 Å². The second-order valence-electron chi connectivity index (χ2n) is 6.23. The zero-order valence-electron chi connectivity index (χ0n) is 12.9. The van der Waals surface area contributed by atoms with Gasteiger partial charge in [0.25, 0.3) is 0 Å². The first kappa shape index (κ1) is 15.3. The van der Waals surface area contributed by atoms with Crippen LogP contribution in [0, 0.1) is 0 Å². The fourth-order valence-corrected chi connectivity index (χ4v) is 2.30. The Bertz CT molecular complexity index is 517. The molecular formula is C15H24N4O2. The van der Waals surface area contributed by atoms with Crippen LogP contribution in [0.3, 0.4) is 0 Å². The number of hydrogen-bond donors (Lipinski definition) is 2. The largest absolute Gasteiger partial charge is 0.444 e. The Balaban J connectivity index is 1.97. The number of para-hydroxylation sites is 1. The minimum atomic E-state index is -0.466. The van der Waals surface area contributed by atoms with E-state index < -0.39 is 5.60 Å². The third-order valence-corrected chi connectivity index (χ3v) is 3.39. The first-order valence-electron chi connectivity index (χ1n) is 7.15. The van der Waals surface area contributed by atoms with Gasteiger partial charge in [0.2, 0.25) is 0 Å². The third-order valence-electron chi connectivity index (χ3n) is 3.39. The zero-order valence-corrected chi connectivity index (χ0v) is 12.9. The quantitative estimate of drug-likeness (QED) is 0.772. The molecule has 116 valence electrons. The number of amides is 1. The third kappa shape index (κ3) is 3.71. The van der Waals surface area contributed by atoms with Crippen molar-refractivity contribution in [1.82, 2.24) is 4.90 Å². The molecule has 1 aliphatic heterocycles. The van der Waals surface area contributed by atoms with E-state index in [2.05, 4.69) is 4.90 Å². The van der Waals surface area contributed by atoms with E-state index in [1.807, 2.05) is 32.9 Å². The molecule has 1 fully saturated rings. The van der Waals surface area contributed by atoms with Crippen LogP contribution in [-0.2, 0) is 4.74 Å². The molecule has 0 saturated carbocycles. The monoisotopic (exact) mass is 292 g/mol. The van der Waals surface area contributed by atoms with Crippen LogP contribution in [0.2, 0.25) is 0 Å². The van der Waals surface area contributed by atoms with Crippen LogP contribution in [0.15, 0.2) is 18.2 Å². The molecule has 1 saturated heterocycles. The van der Waals surface area contributed by atoms with E-state index in [0.717, 1.165) is 5.69 Å². The molecule has 0 aliphatic carbocycles. The van der Waals surface area contributed by atoms with Crippen LogP contribution in [0.5, 0.6) is 0 Å². The van der Waals surface area contributed by atoms with Crippen LogP contribution in [0.25, 0.3) is 0 Å². The summed E-state index contributed by atoms with van der Waals surface area (Å²) < 4.78 is 5.38. The summed E-state index contributed by atoms with van der Waals surface area (Å²) in [5.41, 5.74) is 13.5. The van der Waals surface area contributed by atoms with Crippen molar-refractivity contribution < 1.29 is 9.53 Å². The molecule has 4 N–H and O–H groups in total. The Morgan fingerprint density at radius 2 is 1.76 bits per heavy atom. The van der Waals surface area contributed by atoms with Gasteiger partial charge in [0, 0.05) is 26.2 Å². The maximum atomic E-state index is 12.0. The van der Waals surface area contributed by atoms with Crippen molar-refractivity contribution in [3.63, 3.8) is 0 Å². The fourth-order valence-electron chi connectivity index (χ4n) is 2.30. The van der Waals surface area contributed by atoms with Crippen molar-refractivity contribution >= 4 is 23.2 Å². The van der Waals surface area contributed by atoms with Crippen molar-refractivity contribution in [1.29, 1.82) is 0 Å². The highest BCUT2D eigenvalue weighted by Crippen LogP contribution is 2.29. The van der Waals surface area contributed by atoms with Crippen molar-refractivity contribution in [2.45, 2.75) is 26.4 Å². The summed E-state index contributed by atoms with van der Waals surface area (Å²) in [5.74, 6) is 0. The smallest absolute Gasteiger partial charge is 0.410 e. The molecule has 21 heavy (non-hydrogen) atoms. The van der Waals surface area contributed by atoms with E-state index in [-0.39, 0.29) is 6.09 Å². The summed E-state index contributed by atoms with van der Waals surface area (Å²) in [6, 6.07) is 5.63. The molecule has 0 bridgehead atoms. The molecule has 0 aromatic heterocycles. The molecule has 2 rings (SSSR count). The Kier molecular flexibility index (Phi) is 4.16. The lowest BCUT2D eigenvalue weighted by molar-refractivity contribution is 0.0240. The van der Waals surface area contributed by atoms with Gasteiger partial charge in [-0.1, -0.05) is 6.07 Å². The predicted molar refractivity (Wildman–Crippen MR) is 85.3 cm³/mol. The minimum Gasteiger partial charge on any atom is -0.444 e. The highest BCUT2D eigenvalue weighted by molar-refractivity contribution is 5.79. The Morgan fingerprint density at radius 3 is 2.33 bits per heavy atom. The first-order valence-corrected chi connectivity index (χ1v) is 7.15. The van der Waals surface area contributed by atoms with E-state index in [1.54, 1.807) is 11.0 Å². The topological polar surface area (TPSA) is 84.8 Å². The van der Waals surface area contributed by atoms with Crippen molar-refractivity contribution in [2.75, 3.05) is 42.5 Å². The second-order valence-corrected chi connectivity index (χ2v) is 6.23. The summed E-state index contributed by atoms with van der Waals surface area (Å²) in [6.45, 7) is 8.27. The van der Waals surface area contributed by atoms with Gasteiger partial charge in [-0.05, 0) is 32.9 Å². The molecule has 1 aromatic carbocycles. The average molecular weight is 292 g/mol. The lowest BCUT2D eigenvalue weighted by Gasteiger charge is -2.37. The molecule has 6 heteroatoms. The summed E-state index contributed by atoms with van der Waals surface area (Å²) >= 11 is 0. The lowest BCUT2D eigenvalue weighted by atomic mass is 10.2. The van der Waals surface area contributed by atoms with Gasteiger partial charge in [0.05, 0.1) is 17.1 Å². The maximum Gasteiger partial charge on any atom is 0.410 e. The normalized spacial score (nSPS) is 16.0. The number of nitrogens with zero attached hydrogens (tertiary/aromatic N) is 2. The van der Waals surface area contributed by atoms with Gasteiger partial charge in [-0.3, -0.25) is 0 Å². The average Bonchev–Trinajstić information content (AvgIpc) is 2.40. The number of carbonyl (C=O) groups is 1. The van der Waals surface area contributed by atoms with Crippen molar-refractivity contribution in [3.8, 4) is 0 Å². The van der Waals surface area contributed by atoms with E-state index in [1.165, 1.54) is 0 Å². The zero-order chi connectivity index (χ0) is 15.6. The molecule has 0 atom stereocenters. The SMILES string of the molecule is CC(C)(C)OC(=O)N1CCN(c2cccc(N)c2N)CC1. The number of ether oxygens (including phenoxy) is 1. The molecule has 0 unspecified atom stereocenters. The number of nitrogens with two attached hydrogens (primary N) is 2. The van der Waals surface area contributed by atoms with E-state index in [4.69, 9.17) is 16.2 Å². The van der Waals surface area contributed by atoms with Crippen LogP contribution < -0.4 is 16.4 Å².